The lowest BCUT2D eigenvalue weighted by Crippen LogP contribution is -2.48. The SMILES string of the molecule is CCOC1CCC(n2cc(NC(=O)c3csc(-c4cnn(C(C)P(=O)(O)O)c4)n3)c(-c3nc(F)ccc3F)n2)CC1.CNC[C@H](O)[C@@H](O)[C@H](O)[C@H](O)CO.O=P(O)(O)O. The van der Waals surface area contributed by atoms with Gasteiger partial charge in [-0.25, -0.2) is 18.9 Å². The molecule has 5 rings (SSSR count). The molecule has 330 valence electrons. The second-order valence-electron chi connectivity index (χ2n) is 13.0. The number of amides is 1. The Hall–Kier alpha value is -3.49. The largest absolute Gasteiger partial charge is 0.466 e. The number of hydrogen-bond donors (Lipinski definition) is 12. The topological polar surface area (TPSA) is 348 Å². The molecule has 22 nitrogen and oxygen atoms in total. The Bertz CT molecular complexity index is 2030. The molecule has 4 aromatic heterocycles. The minimum Gasteiger partial charge on any atom is -0.394 e. The Labute approximate surface area is 339 Å². The summed E-state index contributed by atoms with van der Waals surface area (Å²) in [5.41, 5.74) is 0.329. The van der Waals surface area contributed by atoms with Crippen LogP contribution < -0.4 is 10.6 Å². The maximum Gasteiger partial charge on any atom is 0.466 e. The van der Waals surface area contributed by atoms with E-state index in [9.17, 15) is 33.0 Å². The Kier molecular flexibility index (Phi) is 18.9. The fourth-order valence-electron chi connectivity index (χ4n) is 5.54. The van der Waals surface area contributed by atoms with Crippen molar-refractivity contribution in [2.45, 2.75) is 81.9 Å². The molecule has 27 heteroatoms. The van der Waals surface area contributed by atoms with Gasteiger partial charge in [0.1, 0.15) is 40.4 Å². The highest BCUT2D eigenvalue weighted by Crippen LogP contribution is 2.48. The van der Waals surface area contributed by atoms with Crippen LogP contribution in [0.25, 0.3) is 22.0 Å². The number of likely N-dealkylation sites (N-methyl/N-ethyl adjacent to an activating group) is 1. The lowest BCUT2D eigenvalue weighted by atomic mass is 9.93. The minimum absolute atomic E-state index is 0.00886. The zero-order valence-electron chi connectivity index (χ0n) is 31.8. The van der Waals surface area contributed by atoms with Gasteiger partial charge in [0.15, 0.2) is 11.6 Å². The molecule has 1 amide bonds. The summed E-state index contributed by atoms with van der Waals surface area (Å²) < 4.78 is 57.7. The summed E-state index contributed by atoms with van der Waals surface area (Å²) in [6.07, 6.45) is 2.12. The van der Waals surface area contributed by atoms with Gasteiger partial charge in [-0.15, -0.1) is 11.3 Å². The number of nitrogens with one attached hydrogen (secondary N) is 2. The fourth-order valence-corrected chi connectivity index (χ4v) is 6.75. The molecule has 0 spiro atoms. The van der Waals surface area contributed by atoms with Crippen molar-refractivity contribution >= 4 is 38.3 Å². The Morgan fingerprint density at radius 2 is 1.61 bits per heavy atom. The zero-order chi connectivity index (χ0) is 44.2. The normalized spacial score (nSPS) is 18.4. The van der Waals surface area contributed by atoms with Gasteiger partial charge in [-0.3, -0.25) is 18.7 Å². The smallest absolute Gasteiger partial charge is 0.394 e. The van der Waals surface area contributed by atoms with Crippen molar-refractivity contribution in [2.75, 3.05) is 32.1 Å². The highest BCUT2D eigenvalue weighted by Gasteiger charge is 2.30. The molecule has 0 saturated heterocycles. The van der Waals surface area contributed by atoms with E-state index in [0.29, 0.717) is 17.2 Å². The second kappa shape index (κ2) is 22.4. The molecule has 1 fully saturated rings. The highest BCUT2D eigenvalue weighted by atomic mass is 32.1. The summed E-state index contributed by atoms with van der Waals surface area (Å²) in [6.45, 7) is 3.36. The maximum absolute atomic E-state index is 14.7. The summed E-state index contributed by atoms with van der Waals surface area (Å²) in [7, 11) is -7.47. The monoisotopic (exact) mass is 900 g/mol. The molecule has 4 aromatic rings. The summed E-state index contributed by atoms with van der Waals surface area (Å²) in [6, 6.07) is 1.84. The molecule has 1 aliphatic rings. The van der Waals surface area contributed by atoms with Gasteiger partial charge in [-0.05, 0) is 58.7 Å². The van der Waals surface area contributed by atoms with E-state index in [1.54, 1.807) is 17.9 Å². The number of thiazole rings is 1. The summed E-state index contributed by atoms with van der Waals surface area (Å²) in [5, 5.41) is 60.6. The number of carbonyl (C=O) groups excluding carboxylic acids is 1. The van der Waals surface area contributed by atoms with Gasteiger partial charge in [0.05, 0.1) is 36.7 Å². The molecule has 1 unspecified atom stereocenters. The van der Waals surface area contributed by atoms with Gasteiger partial charge in [0, 0.05) is 36.5 Å². The molecule has 5 atom stereocenters. The van der Waals surface area contributed by atoms with Crippen LogP contribution in [0.3, 0.4) is 0 Å². The number of rotatable bonds is 15. The van der Waals surface area contributed by atoms with E-state index in [-0.39, 0.29) is 41.5 Å². The molecule has 0 aliphatic heterocycles. The van der Waals surface area contributed by atoms with Crippen LogP contribution in [-0.2, 0) is 13.9 Å². The van der Waals surface area contributed by atoms with Crippen LogP contribution in [0.4, 0.5) is 14.5 Å². The number of pyridine rings is 1. The van der Waals surface area contributed by atoms with Crippen molar-refractivity contribution in [1.82, 2.24) is 34.8 Å². The Morgan fingerprint density at radius 1 is 0.983 bits per heavy atom. The van der Waals surface area contributed by atoms with Crippen molar-refractivity contribution in [1.29, 1.82) is 0 Å². The molecule has 12 N–H and O–H groups in total. The van der Waals surface area contributed by atoms with Gasteiger partial charge >= 0.3 is 15.4 Å². The fraction of sp³-hybridized carbons (Fsp3) is 0.531. The average Bonchev–Trinajstić information content (AvgIpc) is 3.95. The van der Waals surface area contributed by atoms with Crippen LogP contribution in [0.15, 0.2) is 36.1 Å². The summed E-state index contributed by atoms with van der Waals surface area (Å²) >= 11 is 1.14. The molecule has 0 aromatic carbocycles. The van der Waals surface area contributed by atoms with Gasteiger partial charge in [0.2, 0.25) is 5.95 Å². The first kappa shape index (κ1) is 49.9. The summed E-state index contributed by atoms with van der Waals surface area (Å²) in [5.74, 6) is -3.45. The predicted octanol–water partition coefficient (Wildman–Crippen LogP) is 0.725. The number of phosphoric acid groups is 1. The van der Waals surface area contributed by atoms with Gasteiger partial charge in [0.25, 0.3) is 5.91 Å². The van der Waals surface area contributed by atoms with Crippen molar-refractivity contribution in [3.63, 3.8) is 0 Å². The molecular weight excluding hydrogens is 852 g/mol. The second-order valence-corrected chi connectivity index (χ2v) is 16.8. The lowest BCUT2D eigenvalue weighted by molar-refractivity contribution is -0.113. The average molecular weight is 901 g/mol. The van der Waals surface area contributed by atoms with E-state index in [0.717, 1.165) is 53.8 Å². The van der Waals surface area contributed by atoms with Crippen LogP contribution in [-0.4, -0.2) is 143 Å². The van der Waals surface area contributed by atoms with Crippen LogP contribution in [0, 0.1) is 11.8 Å². The van der Waals surface area contributed by atoms with Gasteiger partial charge in [-0.2, -0.15) is 14.6 Å². The first-order valence-corrected chi connectivity index (χ1v) is 21.9. The molecular formula is C32H48F2N8O14P2S. The van der Waals surface area contributed by atoms with Crippen molar-refractivity contribution in [3.8, 4) is 22.0 Å². The van der Waals surface area contributed by atoms with Gasteiger partial charge in [-0.1, -0.05) is 0 Å². The Morgan fingerprint density at radius 3 is 2.19 bits per heavy atom. The molecule has 0 radical (unpaired) electrons. The number of aliphatic hydroxyl groups is 5. The van der Waals surface area contributed by atoms with E-state index in [2.05, 4.69) is 30.8 Å². The van der Waals surface area contributed by atoms with E-state index < -0.39 is 69.9 Å². The minimum atomic E-state index is -4.64. The number of hydrogen-bond acceptors (Lipinski definition) is 15. The van der Waals surface area contributed by atoms with E-state index >= 15 is 0 Å². The number of carbonyl (C=O) groups is 1. The Balaban J connectivity index is 0.000000432. The zero-order valence-corrected chi connectivity index (χ0v) is 34.4. The highest BCUT2D eigenvalue weighted by molar-refractivity contribution is 7.51. The number of aliphatic hydroxyl groups excluding tert-OH is 5. The van der Waals surface area contributed by atoms with Crippen molar-refractivity contribution in [3.05, 3.63) is 53.6 Å². The standard InChI is InChI=1S/C25H28F2N7O5PS.C7H17NO5.H3O4P/c1-3-39-17-6-4-16(5-7-17)34-12-19(23(32-34)22-18(26)8-9-21(27)31-22)29-24(35)20-13-41-25(30-20)15-10-28-33(11-15)14(2)40(36,37)38;1-8-2-4(10)6(12)7(13)5(11)3-9;1-5(2,3)4/h8-14,16-17H,3-7H2,1-2H3,(H,29,35)(H2,36,37,38);4-13H,2-3H2,1H3;(H3,1,2,3,4)/t;4-,5+,6+,7+;/m.0./s1. The van der Waals surface area contributed by atoms with E-state index in [1.165, 1.54) is 24.7 Å². The number of nitrogens with zero attached hydrogens (tertiary/aromatic N) is 6. The number of aromatic nitrogens is 6. The molecule has 4 heterocycles. The number of halogens is 2. The lowest BCUT2D eigenvalue weighted by Gasteiger charge is -2.28. The van der Waals surface area contributed by atoms with Crippen molar-refractivity contribution < 1.29 is 77.4 Å². The number of ether oxygens (including phenoxy) is 1. The maximum atomic E-state index is 14.7. The van der Waals surface area contributed by atoms with E-state index in [1.807, 2.05) is 6.92 Å². The van der Waals surface area contributed by atoms with Crippen LogP contribution in [0.2, 0.25) is 0 Å². The van der Waals surface area contributed by atoms with Crippen LogP contribution in [0.1, 0.15) is 61.8 Å². The molecule has 1 saturated carbocycles. The molecule has 1 aliphatic carbocycles. The summed E-state index contributed by atoms with van der Waals surface area (Å²) in [4.78, 5) is 61.6. The first-order chi connectivity index (χ1) is 27.6. The quantitative estimate of drug-likeness (QED) is 0.0578. The van der Waals surface area contributed by atoms with Gasteiger partial charge < -0.3 is 65.4 Å². The predicted molar refractivity (Wildman–Crippen MR) is 206 cm³/mol. The molecule has 0 bridgehead atoms. The van der Waals surface area contributed by atoms with Crippen molar-refractivity contribution in [2.24, 2.45) is 0 Å². The third kappa shape index (κ3) is 15.2. The third-order valence-electron chi connectivity index (χ3n) is 8.63. The van der Waals surface area contributed by atoms with Crippen LogP contribution in [0.5, 0.6) is 0 Å². The third-order valence-corrected chi connectivity index (χ3v) is 10.7. The number of anilines is 1. The first-order valence-electron chi connectivity index (χ1n) is 17.7. The van der Waals surface area contributed by atoms with E-state index in [4.69, 9.17) is 44.4 Å². The molecule has 59 heavy (non-hydrogen) atoms. The van der Waals surface area contributed by atoms with Crippen LogP contribution >= 0.6 is 26.8 Å².